The molecular weight excluding hydrogens is 254 g/mol. The zero-order valence-corrected chi connectivity index (χ0v) is 12.2. The summed E-state index contributed by atoms with van der Waals surface area (Å²) in [4.78, 5) is 12.8. The highest BCUT2D eigenvalue weighted by Crippen LogP contribution is 2.20. The number of hydrogen-bond acceptors (Lipinski definition) is 4. The van der Waals surface area contributed by atoms with E-state index < -0.39 is 0 Å². The second-order valence-corrected chi connectivity index (χ2v) is 5.75. The van der Waals surface area contributed by atoms with Crippen LogP contribution in [-0.4, -0.2) is 36.5 Å². The summed E-state index contributed by atoms with van der Waals surface area (Å²) >= 11 is 0. The molecular formula is C15H23N3O2. The van der Waals surface area contributed by atoms with Gasteiger partial charge in [-0.1, -0.05) is 12.1 Å². The predicted molar refractivity (Wildman–Crippen MR) is 79.7 cm³/mol. The van der Waals surface area contributed by atoms with E-state index in [1.807, 2.05) is 6.07 Å². The Labute approximate surface area is 120 Å². The van der Waals surface area contributed by atoms with Gasteiger partial charge < -0.3 is 10.2 Å². The minimum Gasteiger partial charge on any atom is -0.310 e. The fraction of sp³-hybridized carbons (Fsp3) is 0.600. The Bertz CT molecular complexity index is 464. The van der Waals surface area contributed by atoms with Crippen LogP contribution in [0.1, 0.15) is 31.4 Å². The van der Waals surface area contributed by atoms with Gasteiger partial charge in [-0.2, -0.15) is 0 Å². The molecule has 0 saturated carbocycles. The molecule has 5 nitrogen and oxygen atoms in total. The topological polar surface area (TPSA) is 58.4 Å². The fourth-order valence-corrected chi connectivity index (χ4v) is 2.81. The molecule has 0 aliphatic carbocycles. The second kappa shape index (κ2) is 6.81. The summed E-state index contributed by atoms with van der Waals surface area (Å²) in [5.41, 5.74) is 1.14. The number of likely N-dealkylation sites (tertiary alicyclic amines) is 1. The molecule has 1 saturated heterocycles. The first kappa shape index (κ1) is 14.9. The van der Waals surface area contributed by atoms with Crippen LogP contribution in [0.25, 0.3) is 0 Å². The lowest BCUT2D eigenvalue weighted by Crippen LogP contribution is -2.37. The van der Waals surface area contributed by atoms with Gasteiger partial charge >= 0.3 is 0 Å². The summed E-state index contributed by atoms with van der Waals surface area (Å²) in [7, 11) is 2.16. The van der Waals surface area contributed by atoms with Crippen LogP contribution >= 0.6 is 0 Å². The number of nitrogens with one attached hydrogen (secondary N) is 1. The first-order valence-corrected chi connectivity index (χ1v) is 7.22. The third kappa shape index (κ3) is 4.02. The van der Waals surface area contributed by atoms with E-state index in [0.29, 0.717) is 5.92 Å². The quantitative estimate of drug-likeness (QED) is 0.664. The van der Waals surface area contributed by atoms with Crippen LogP contribution in [0.2, 0.25) is 0 Å². The number of hydrogen-bond donors (Lipinski definition) is 1. The van der Waals surface area contributed by atoms with Crippen LogP contribution in [0.15, 0.2) is 24.3 Å². The molecule has 0 aromatic heterocycles. The number of benzene rings is 1. The Morgan fingerprint density at radius 2 is 2.35 bits per heavy atom. The van der Waals surface area contributed by atoms with Crippen molar-refractivity contribution >= 4 is 5.69 Å². The average molecular weight is 277 g/mol. The van der Waals surface area contributed by atoms with Gasteiger partial charge in [-0.05, 0) is 51.4 Å². The molecule has 2 unspecified atom stereocenters. The molecule has 2 rings (SSSR count). The van der Waals surface area contributed by atoms with Gasteiger partial charge in [0.05, 0.1) is 4.92 Å². The molecule has 0 bridgehead atoms. The maximum absolute atomic E-state index is 10.8. The van der Waals surface area contributed by atoms with Gasteiger partial charge in [-0.15, -0.1) is 0 Å². The summed E-state index contributed by atoms with van der Waals surface area (Å²) in [6.07, 6.45) is 2.52. The Morgan fingerprint density at radius 1 is 1.55 bits per heavy atom. The lowest BCUT2D eigenvalue weighted by atomic mass is 9.97. The second-order valence-electron chi connectivity index (χ2n) is 5.75. The Balaban J connectivity index is 1.89. The van der Waals surface area contributed by atoms with Gasteiger partial charge in [-0.3, -0.25) is 10.1 Å². The van der Waals surface area contributed by atoms with Crippen molar-refractivity contribution in [3.8, 4) is 0 Å². The smallest absolute Gasteiger partial charge is 0.269 e. The molecule has 0 amide bonds. The van der Waals surface area contributed by atoms with Gasteiger partial charge in [-0.25, -0.2) is 0 Å². The first-order chi connectivity index (χ1) is 9.56. The van der Waals surface area contributed by atoms with Gasteiger partial charge in [0.2, 0.25) is 0 Å². The minimum atomic E-state index is -0.341. The van der Waals surface area contributed by atoms with Crippen LogP contribution in [0, 0.1) is 16.0 Å². The van der Waals surface area contributed by atoms with Crippen molar-refractivity contribution in [1.29, 1.82) is 0 Å². The van der Waals surface area contributed by atoms with Crippen LogP contribution < -0.4 is 5.32 Å². The molecule has 5 heteroatoms. The van der Waals surface area contributed by atoms with E-state index in [4.69, 9.17) is 0 Å². The van der Waals surface area contributed by atoms with Crippen molar-refractivity contribution in [1.82, 2.24) is 10.2 Å². The van der Waals surface area contributed by atoms with E-state index in [0.717, 1.165) is 18.7 Å². The lowest BCUT2D eigenvalue weighted by molar-refractivity contribution is -0.384. The van der Waals surface area contributed by atoms with Crippen molar-refractivity contribution < 1.29 is 4.92 Å². The zero-order valence-electron chi connectivity index (χ0n) is 12.2. The van der Waals surface area contributed by atoms with Crippen molar-refractivity contribution in [2.45, 2.75) is 25.8 Å². The molecule has 1 aromatic carbocycles. The number of rotatable bonds is 5. The van der Waals surface area contributed by atoms with Crippen LogP contribution in [-0.2, 0) is 0 Å². The Hall–Kier alpha value is -1.46. The molecule has 2 atom stereocenters. The SMILES string of the molecule is CC(NCC1CCCN(C)C1)c1cccc([N+](=O)[O-])c1. The number of non-ortho nitro benzene ring substituents is 1. The molecule has 1 fully saturated rings. The molecule has 110 valence electrons. The van der Waals surface area contributed by atoms with Crippen molar-refractivity contribution in [2.24, 2.45) is 5.92 Å². The highest BCUT2D eigenvalue weighted by Gasteiger charge is 2.18. The molecule has 0 spiro atoms. The normalized spacial score (nSPS) is 21.6. The predicted octanol–water partition coefficient (Wildman–Crippen LogP) is 2.59. The number of nitrogens with zero attached hydrogens (tertiary/aromatic N) is 2. The highest BCUT2D eigenvalue weighted by atomic mass is 16.6. The third-order valence-electron chi connectivity index (χ3n) is 4.02. The maximum atomic E-state index is 10.8. The van der Waals surface area contributed by atoms with E-state index in [2.05, 4.69) is 24.2 Å². The molecule has 0 radical (unpaired) electrons. The van der Waals surface area contributed by atoms with E-state index in [1.165, 1.54) is 25.5 Å². The maximum Gasteiger partial charge on any atom is 0.269 e. The van der Waals surface area contributed by atoms with Crippen molar-refractivity contribution in [3.63, 3.8) is 0 Å². The van der Waals surface area contributed by atoms with Crippen molar-refractivity contribution in [2.75, 3.05) is 26.7 Å². The van der Waals surface area contributed by atoms with Gasteiger partial charge in [0.25, 0.3) is 5.69 Å². The fourth-order valence-electron chi connectivity index (χ4n) is 2.81. The van der Waals surface area contributed by atoms with Crippen LogP contribution in [0.3, 0.4) is 0 Å². The van der Waals surface area contributed by atoms with E-state index >= 15 is 0 Å². The Kier molecular flexibility index (Phi) is 5.09. The monoisotopic (exact) mass is 277 g/mol. The molecule has 1 N–H and O–H groups in total. The number of nitro benzene ring substituents is 1. The minimum absolute atomic E-state index is 0.141. The lowest BCUT2D eigenvalue weighted by Gasteiger charge is -2.30. The van der Waals surface area contributed by atoms with Gasteiger partial charge in [0, 0.05) is 24.7 Å². The van der Waals surface area contributed by atoms with E-state index in [9.17, 15) is 10.1 Å². The molecule has 1 heterocycles. The summed E-state index contributed by atoms with van der Waals surface area (Å²) in [6.45, 7) is 5.35. The summed E-state index contributed by atoms with van der Waals surface area (Å²) < 4.78 is 0. The number of nitro groups is 1. The molecule has 1 aromatic rings. The van der Waals surface area contributed by atoms with Crippen LogP contribution in [0.5, 0.6) is 0 Å². The molecule has 1 aliphatic rings. The summed E-state index contributed by atoms with van der Waals surface area (Å²) in [6, 6.07) is 7.02. The number of piperidine rings is 1. The molecule has 1 aliphatic heterocycles. The highest BCUT2D eigenvalue weighted by molar-refractivity contribution is 5.35. The average Bonchev–Trinajstić information content (AvgIpc) is 2.45. The van der Waals surface area contributed by atoms with Gasteiger partial charge in [0.1, 0.15) is 0 Å². The Morgan fingerprint density at radius 3 is 3.05 bits per heavy atom. The zero-order chi connectivity index (χ0) is 14.5. The summed E-state index contributed by atoms with van der Waals surface area (Å²) in [5, 5.41) is 14.3. The first-order valence-electron chi connectivity index (χ1n) is 7.22. The van der Waals surface area contributed by atoms with E-state index in [-0.39, 0.29) is 16.7 Å². The van der Waals surface area contributed by atoms with Crippen LogP contribution in [0.4, 0.5) is 5.69 Å². The van der Waals surface area contributed by atoms with Crippen molar-refractivity contribution in [3.05, 3.63) is 39.9 Å². The third-order valence-corrected chi connectivity index (χ3v) is 4.02. The van der Waals surface area contributed by atoms with Gasteiger partial charge in [0.15, 0.2) is 0 Å². The molecule has 20 heavy (non-hydrogen) atoms. The summed E-state index contributed by atoms with van der Waals surface area (Å²) in [5.74, 6) is 0.676. The largest absolute Gasteiger partial charge is 0.310 e. The standard InChI is InChI=1S/C15H23N3O2/c1-12(14-6-3-7-15(9-14)18(19)20)16-10-13-5-4-8-17(2)11-13/h3,6-7,9,12-13,16H,4-5,8,10-11H2,1-2H3. The van der Waals surface area contributed by atoms with E-state index in [1.54, 1.807) is 12.1 Å².